The predicted octanol–water partition coefficient (Wildman–Crippen LogP) is 7.05. The molecule has 3 N–H and O–H groups in total. The van der Waals surface area contributed by atoms with Gasteiger partial charge in [-0.05, 0) is 72.4 Å². The lowest BCUT2D eigenvalue weighted by molar-refractivity contribution is 0.579. The van der Waals surface area contributed by atoms with Crippen molar-refractivity contribution in [1.29, 1.82) is 0 Å². The molecule has 0 aliphatic carbocycles. The highest BCUT2D eigenvalue weighted by Crippen LogP contribution is 2.35. The van der Waals surface area contributed by atoms with Gasteiger partial charge in [0.1, 0.15) is 5.69 Å². The van der Waals surface area contributed by atoms with Crippen LogP contribution in [0.4, 0.5) is 5.69 Å². The molecule has 1 aliphatic rings. The van der Waals surface area contributed by atoms with Crippen LogP contribution in [0.1, 0.15) is 30.4 Å². The van der Waals surface area contributed by atoms with Crippen molar-refractivity contribution >= 4 is 27.5 Å². The number of pyridine rings is 1. The van der Waals surface area contributed by atoms with Gasteiger partial charge in [-0.1, -0.05) is 42.5 Å². The number of aromatic nitrogens is 4. The maximum atomic E-state index is 4.73. The zero-order chi connectivity index (χ0) is 26.0. The number of benzene rings is 3. The summed E-state index contributed by atoms with van der Waals surface area (Å²) in [6.45, 7) is 3.86. The molecule has 3 aromatic carbocycles. The molecule has 1 fully saturated rings. The fourth-order valence-electron chi connectivity index (χ4n) is 5.77. The lowest BCUT2D eigenvalue weighted by atomic mass is 10.0. The minimum absolute atomic E-state index is 0.767. The molecule has 1 saturated heterocycles. The first-order valence-corrected chi connectivity index (χ1v) is 13.9. The van der Waals surface area contributed by atoms with Gasteiger partial charge in [0.05, 0.1) is 11.2 Å². The largest absolute Gasteiger partial charge is 0.371 e. The molecule has 3 aromatic heterocycles. The summed E-state index contributed by atoms with van der Waals surface area (Å²) < 4.78 is 0. The van der Waals surface area contributed by atoms with Gasteiger partial charge in [-0.25, -0.2) is 0 Å². The number of anilines is 1. The fraction of sp³-hybridized carbons (Fsp3) is 0.212. The Balaban J connectivity index is 1.18. The van der Waals surface area contributed by atoms with Gasteiger partial charge in [0.25, 0.3) is 0 Å². The van der Waals surface area contributed by atoms with Crippen molar-refractivity contribution in [2.45, 2.75) is 32.4 Å². The van der Waals surface area contributed by atoms with Crippen molar-refractivity contribution in [3.8, 4) is 22.5 Å². The van der Waals surface area contributed by atoms with Gasteiger partial charge in [0.2, 0.25) is 0 Å². The van der Waals surface area contributed by atoms with Gasteiger partial charge >= 0.3 is 0 Å². The number of fused-ring (bicyclic) bond motifs is 2. The van der Waals surface area contributed by atoms with Crippen molar-refractivity contribution in [3.63, 3.8) is 0 Å². The van der Waals surface area contributed by atoms with Crippen LogP contribution in [0.25, 0.3) is 44.3 Å². The Bertz CT molecular complexity index is 1730. The molecule has 1 aliphatic heterocycles. The first-order chi connectivity index (χ1) is 19.3. The summed E-state index contributed by atoms with van der Waals surface area (Å²) >= 11 is 0. The first-order valence-electron chi connectivity index (χ1n) is 13.9. The number of aromatic amines is 2. The van der Waals surface area contributed by atoms with Crippen LogP contribution in [0.2, 0.25) is 0 Å². The molecule has 0 amide bonds. The number of rotatable bonds is 7. The van der Waals surface area contributed by atoms with Crippen LogP contribution in [-0.2, 0) is 13.1 Å². The molecule has 0 atom stereocenters. The number of piperidine rings is 1. The van der Waals surface area contributed by atoms with E-state index in [0.29, 0.717) is 0 Å². The summed E-state index contributed by atoms with van der Waals surface area (Å²) in [4.78, 5) is 10.7. The van der Waals surface area contributed by atoms with Gasteiger partial charge in [0, 0.05) is 66.1 Å². The van der Waals surface area contributed by atoms with Crippen LogP contribution < -0.4 is 10.2 Å². The average Bonchev–Trinajstić information content (AvgIpc) is 3.62. The molecule has 0 radical (unpaired) electrons. The summed E-state index contributed by atoms with van der Waals surface area (Å²) in [5.74, 6) is 0. The van der Waals surface area contributed by atoms with Crippen LogP contribution in [0.15, 0.2) is 91.3 Å². The minimum Gasteiger partial charge on any atom is -0.371 e. The molecule has 0 unspecified atom stereocenters. The van der Waals surface area contributed by atoms with Crippen molar-refractivity contribution < 1.29 is 0 Å². The molecule has 194 valence electrons. The second kappa shape index (κ2) is 10.4. The highest BCUT2D eigenvalue weighted by molar-refractivity contribution is 6.00. The summed E-state index contributed by atoms with van der Waals surface area (Å²) in [6.07, 6.45) is 7.73. The summed E-state index contributed by atoms with van der Waals surface area (Å²) in [6, 6.07) is 28.0. The number of nitrogens with one attached hydrogen (secondary N) is 3. The van der Waals surface area contributed by atoms with E-state index < -0.39 is 0 Å². The molecular formula is C33H32N6. The third kappa shape index (κ3) is 4.79. The second-order valence-corrected chi connectivity index (χ2v) is 10.5. The second-order valence-electron chi connectivity index (χ2n) is 10.5. The van der Waals surface area contributed by atoms with Crippen LogP contribution in [0.3, 0.4) is 0 Å². The Labute approximate surface area is 228 Å². The van der Waals surface area contributed by atoms with Gasteiger partial charge in [-0.3, -0.25) is 10.1 Å². The van der Waals surface area contributed by atoms with Gasteiger partial charge in [-0.2, -0.15) is 5.10 Å². The monoisotopic (exact) mass is 512 g/mol. The minimum atomic E-state index is 0.767. The zero-order valence-corrected chi connectivity index (χ0v) is 22.0. The van der Waals surface area contributed by atoms with E-state index in [1.807, 2.05) is 18.5 Å². The molecule has 4 heterocycles. The van der Waals surface area contributed by atoms with Crippen LogP contribution in [0, 0.1) is 0 Å². The third-order valence-electron chi connectivity index (χ3n) is 7.79. The van der Waals surface area contributed by atoms with E-state index in [2.05, 4.69) is 98.1 Å². The Kier molecular flexibility index (Phi) is 6.31. The molecule has 7 rings (SSSR count). The van der Waals surface area contributed by atoms with E-state index in [9.17, 15) is 0 Å². The van der Waals surface area contributed by atoms with Crippen molar-refractivity contribution in [2.24, 2.45) is 0 Å². The van der Waals surface area contributed by atoms with E-state index in [4.69, 9.17) is 5.10 Å². The average molecular weight is 513 g/mol. The Hall–Kier alpha value is -4.42. The molecule has 6 heteroatoms. The standard InChI is InChI=1S/C33H32N6/c1-3-8-23(9-4-1)19-34-20-24-16-26(22-35-21-24)25-12-13-30-28(17-25)33(38-37-30)31-18-27-29(36-31)10-7-11-32(27)39-14-5-2-6-15-39/h1,3-4,7-13,16-18,21-22,34,36H,2,5-6,14-15,19-20H2,(H,37,38). The first kappa shape index (κ1) is 23.7. The normalized spacial score (nSPS) is 13.9. The number of hydrogen-bond donors (Lipinski definition) is 3. The molecule has 39 heavy (non-hydrogen) atoms. The number of hydrogen-bond acceptors (Lipinski definition) is 4. The fourth-order valence-corrected chi connectivity index (χ4v) is 5.77. The van der Waals surface area contributed by atoms with Gasteiger partial charge < -0.3 is 15.2 Å². The Morgan fingerprint density at radius 1 is 0.718 bits per heavy atom. The van der Waals surface area contributed by atoms with E-state index in [-0.39, 0.29) is 0 Å². The highest BCUT2D eigenvalue weighted by Gasteiger charge is 2.17. The smallest absolute Gasteiger partial charge is 0.116 e. The van der Waals surface area contributed by atoms with Gasteiger partial charge in [0.15, 0.2) is 0 Å². The highest BCUT2D eigenvalue weighted by atomic mass is 15.1. The van der Waals surface area contributed by atoms with E-state index >= 15 is 0 Å². The molecule has 6 aromatic rings. The summed E-state index contributed by atoms with van der Waals surface area (Å²) in [5.41, 5.74) is 10.2. The summed E-state index contributed by atoms with van der Waals surface area (Å²) in [5, 5.41) is 13.9. The van der Waals surface area contributed by atoms with Crippen molar-refractivity contribution in [3.05, 3.63) is 102 Å². The molecule has 0 bridgehead atoms. The zero-order valence-electron chi connectivity index (χ0n) is 22.0. The van der Waals surface area contributed by atoms with E-state index in [1.54, 1.807) is 0 Å². The quantitative estimate of drug-likeness (QED) is 0.214. The summed E-state index contributed by atoms with van der Waals surface area (Å²) in [7, 11) is 0. The maximum absolute atomic E-state index is 4.73. The topological polar surface area (TPSA) is 72.6 Å². The van der Waals surface area contributed by atoms with Crippen molar-refractivity contribution in [2.75, 3.05) is 18.0 Å². The van der Waals surface area contributed by atoms with Crippen LogP contribution in [-0.4, -0.2) is 33.3 Å². The SMILES string of the molecule is c1ccc(CNCc2cncc(-c3ccc4[nH]nc(-c5cc6c(N7CCCCC7)cccc6[nH]5)c4c3)c2)cc1. The maximum Gasteiger partial charge on any atom is 0.116 e. The van der Waals surface area contributed by atoms with Crippen molar-refractivity contribution in [1.82, 2.24) is 25.5 Å². The van der Waals surface area contributed by atoms with Crippen LogP contribution >= 0.6 is 0 Å². The third-order valence-corrected chi connectivity index (χ3v) is 7.79. The number of H-pyrrole nitrogens is 2. The number of nitrogens with zero attached hydrogens (tertiary/aromatic N) is 3. The van der Waals surface area contributed by atoms with Gasteiger partial charge in [-0.15, -0.1) is 0 Å². The Morgan fingerprint density at radius 2 is 1.59 bits per heavy atom. The Morgan fingerprint density at radius 3 is 2.49 bits per heavy atom. The molecule has 6 nitrogen and oxygen atoms in total. The molecular weight excluding hydrogens is 480 g/mol. The molecule has 0 saturated carbocycles. The molecule has 0 spiro atoms. The lowest BCUT2D eigenvalue weighted by Crippen LogP contribution is -2.29. The van der Waals surface area contributed by atoms with Crippen LogP contribution in [0.5, 0.6) is 0 Å². The predicted molar refractivity (Wildman–Crippen MR) is 160 cm³/mol. The van der Waals surface area contributed by atoms with E-state index in [1.165, 1.54) is 35.9 Å². The lowest BCUT2D eigenvalue weighted by Gasteiger charge is -2.29. The van der Waals surface area contributed by atoms with E-state index in [0.717, 1.165) is 70.7 Å².